The molecule has 0 bridgehead atoms. The van der Waals surface area contributed by atoms with Crippen LogP contribution >= 0.6 is 11.6 Å². The molecule has 4 aliphatic carbocycles. The molecule has 4 rings (SSSR count). The van der Waals surface area contributed by atoms with E-state index in [1.54, 1.807) is 20.9 Å². The van der Waals surface area contributed by atoms with Crippen LogP contribution in [-0.4, -0.2) is 59.3 Å². The number of alkyl halides is 1. The van der Waals surface area contributed by atoms with Crippen molar-refractivity contribution in [1.82, 2.24) is 0 Å². The number of rotatable bonds is 6. The summed E-state index contributed by atoms with van der Waals surface area (Å²) in [4.78, 5) is 42.5. The Balaban J connectivity index is 1.73. The summed E-state index contributed by atoms with van der Waals surface area (Å²) in [6.45, 7) is 6.98. The van der Waals surface area contributed by atoms with Gasteiger partial charge in [-0.15, -0.1) is 11.6 Å². The molecule has 9 atom stereocenters. The molecule has 3 fully saturated rings. The Morgan fingerprint density at radius 1 is 1.19 bits per heavy atom. The fourth-order valence-electron chi connectivity index (χ4n) is 7.60. The van der Waals surface area contributed by atoms with Crippen LogP contribution in [0.15, 0.2) is 28.8 Å². The molecule has 8 heteroatoms. The van der Waals surface area contributed by atoms with Gasteiger partial charge in [-0.25, -0.2) is 0 Å². The standard InChI is InChI=1S/C28H38ClNO6/c1-6-23(33)35-14-22(32)28(36-24(34)7-2)15(3)10-18-19(28)13-21(31)26-25(18)20(29)12-16-11-17(30-5)8-9-27(16,26)4/h8-9,11,15,18-21,25-26,31H,6-7,10,12-14H2,1-5H3/t15-,18-,19?,20-,21+,25-,26+,27+,28+/m1/s1. The highest BCUT2D eigenvalue weighted by atomic mass is 35.5. The number of ketones is 1. The highest BCUT2D eigenvalue weighted by Crippen LogP contribution is 2.65. The van der Waals surface area contributed by atoms with Crippen molar-refractivity contribution in [2.75, 3.05) is 13.7 Å². The maximum Gasteiger partial charge on any atom is 0.306 e. The van der Waals surface area contributed by atoms with E-state index < -0.39 is 42.0 Å². The van der Waals surface area contributed by atoms with E-state index in [-0.39, 0.29) is 47.3 Å². The van der Waals surface area contributed by atoms with Crippen molar-refractivity contribution in [3.8, 4) is 0 Å². The Labute approximate surface area is 218 Å². The summed E-state index contributed by atoms with van der Waals surface area (Å²) in [5, 5.41) is 11.4. The van der Waals surface area contributed by atoms with Crippen LogP contribution in [0, 0.1) is 35.0 Å². The highest BCUT2D eigenvalue weighted by molar-refractivity contribution is 6.21. The van der Waals surface area contributed by atoms with Crippen LogP contribution in [0.25, 0.3) is 0 Å². The normalized spacial score (nSPS) is 42.1. The van der Waals surface area contributed by atoms with Gasteiger partial charge in [0.15, 0.2) is 12.2 Å². The van der Waals surface area contributed by atoms with Gasteiger partial charge in [0.05, 0.1) is 11.8 Å². The predicted octanol–water partition coefficient (Wildman–Crippen LogP) is 4.05. The molecule has 0 saturated heterocycles. The zero-order valence-corrected chi connectivity index (χ0v) is 22.6. The summed E-state index contributed by atoms with van der Waals surface area (Å²) < 4.78 is 11.2. The third kappa shape index (κ3) is 4.16. The van der Waals surface area contributed by atoms with Crippen molar-refractivity contribution < 1.29 is 29.0 Å². The van der Waals surface area contributed by atoms with Gasteiger partial charge >= 0.3 is 11.9 Å². The number of Topliss-reactive ketones (excluding diaryl/α,β-unsaturated/α-hetero) is 1. The third-order valence-electron chi connectivity index (χ3n) is 9.30. The number of carbonyl (C=O) groups excluding carboxylic acids is 3. The molecule has 0 heterocycles. The molecule has 0 amide bonds. The van der Waals surface area contributed by atoms with Gasteiger partial charge in [0.1, 0.15) is 0 Å². The molecule has 7 nitrogen and oxygen atoms in total. The molecule has 0 aromatic carbocycles. The van der Waals surface area contributed by atoms with Crippen molar-refractivity contribution in [1.29, 1.82) is 0 Å². The first-order valence-electron chi connectivity index (χ1n) is 13.1. The monoisotopic (exact) mass is 519 g/mol. The van der Waals surface area contributed by atoms with E-state index in [9.17, 15) is 19.5 Å². The lowest BCUT2D eigenvalue weighted by Gasteiger charge is -2.57. The smallest absolute Gasteiger partial charge is 0.306 e. The van der Waals surface area contributed by atoms with Crippen LogP contribution in [0.5, 0.6) is 0 Å². The lowest BCUT2D eigenvalue weighted by molar-refractivity contribution is -0.187. The van der Waals surface area contributed by atoms with Crippen LogP contribution in [0.3, 0.4) is 0 Å². The number of fused-ring (bicyclic) bond motifs is 5. The number of hydrogen-bond donors (Lipinski definition) is 1. The minimum atomic E-state index is -1.45. The van der Waals surface area contributed by atoms with E-state index in [0.717, 1.165) is 5.71 Å². The maximum atomic E-state index is 13.7. The minimum absolute atomic E-state index is 0.0144. The van der Waals surface area contributed by atoms with E-state index in [1.807, 2.05) is 13.0 Å². The quantitative estimate of drug-likeness (QED) is 0.419. The van der Waals surface area contributed by atoms with E-state index >= 15 is 0 Å². The summed E-state index contributed by atoms with van der Waals surface area (Å²) in [5.41, 5.74) is 0.237. The number of aliphatic imine (C=N–C) groups is 1. The van der Waals surface area contributed by atoms with Gasteiger partial charge < -0.3 is 14.6 Å². The zero-order valence-electron chi connectivity index (χ0n) is 21.8. The average molecular weight is 520 g/mol. The summed E-state index contributed by atoms with van der Waals surface area (Å²) in [7, 11) is 1.76. The molecule has 0 aromatic heterocycles. The lowest BCUT2D eigenvalue weighted by Crippen LogP contribution is -2.60. The number of aliphatic hydroxyl groups excluding tert-OH is 1. The van der Waals surface area contributed by atoms with Gasteiger partial charge in [0.2, 0.25) is 5.78 Å². The van der Waals surface area contributed by atoms with Gasteiger partial charge in [-0.3, -0.25) is 19.4 Å². The Hall–Kier alpha value is -1.99. The molecule has 1 N–H and O–H groups in total. The Morgan fingerprint density at radius 3 is 2.53 bits per heavy atom. The first-order valence-corrected chi connectivity index (χ1v) is 13.6. The Bertz CT molecular complexity index is 1020. The van der Waals surface area contributed by atoms with Crippen molar-refractivity contribution in [3.05, 3.63) is 23.8 Å². The number of ether oxygens (including phenoxy) is 2. The number of halogens is 1. The SMILES string of the molecule is CCC(=O)OCC(=O)[C@@]1(OC(=O)CC)C2C[C@H](O)[C@H]3[C@@H]([C@H](Cl)CC4=CC(=NC)C=C[C@@]43C)[C@@H]2C[C@H]1C. The second-order valence-corrected chi connectivity index (χ2v) is 11.6. The molecule has 0 aliphatic heterocycles. The average Bonchev–Trinajstić information content (AvgIpc) is 3.13. The zero-order chi connectivity index (χ0) is 26.4. The minimum Gasteiger partial charge on any atom is -0.457 e. The van der Waals surface area contributed by atoms with E-state index in [1.165, 1.54) is 5.57 Å². The van der Waals surface area contributed by atoms with Crippen LogP contribution in [0.1, 0.15) is 59.8 Å². The molecule has 0 spiro atoms. The predicted molar refractivity (Wildman–Crippen MR) is 137 cm³/mol. The number of allylic oxidation sites excluding steroid dienone is 4. The Kier molecular flexibility index (Phi) is 7.55. The first kappa shape index (κ1) is 27.1. The molecule has 198 valence electrons. The van der Waals surface area contributed by atoms with Gasteiger partial charge in [-0.1, -0.05) is 39.3 Å². The highest BCUT2D eigenvalue weighted by Gasteiger charge is 2.68. The fraction of sp³-hybridized carbons (Fsp3) is 0.714. The van der Waals surface area contributed by atoms with Crippen LogP contribution in [0.4, 0.5) is 0 Å². The Morgan fingerprint density at radius 2 is 1.89 bits per heavy atom. The van der Waals surface area contributed by atoms with Crippen LogP contribution in [-0.2, 0) is 23.9 Å². The van der Waals surface area contributed by atoms with Crippen LogP contribution < -0.4 is 0 Å². The number of esters is 2. The van der Waals surface area contributed by atoms with Crippen molar-refractivity contribution >= 4 is 35.0 Å². The van der Waals surface area contributed by atoms with Gasteiger partial charge in [0, 0.05) is 48.4 Å². The summed E-state index contributed by atoms with van der Waals surface area (Å²) in [6.07, 6.45) is 7.39. The number of aliphatic hydroxyl groups is 1. The number of carbonyl (C=O) groups is 3. The van der Waals surface area contributed by atoms with E-state index in [2.05, 4.69) is 24.1 Å². The van der Waals surface area contributed by atoms with Gasteiger partial charge in [-0.2, -0.15) is 0 Å². The first-order chi connectivity index (χ1) is 17.0. The maximum absolute atomic E-state index is 13.7. The largest absolute Gasteiger partial charge is 0.457 e. The second-order valence-electron chi connectivity index (χ2n) is 11.0. The number of hydrogen-bond acceptors (Lipinski definition) is 7. The molecular weight excluding hydrogens is 482 g/mol. The topological polar surface area (TPSA) is 102 Å². The summed E-state index contributed by atoms with van der Waals surface area (Å²) >= 11 is 7.09. The molecule has 36 heavy (non-hydrogen) atoms. The molecular formula is C28H38ClNO6. The third-order valence-corrected chi connectivity index (χ3v) is 9.75. The number of nitrogens with zero attached hydrogens (tertiary/aromatic N) is 1. The van der Waals surface area contributed by atoms with Crippen LogP contribution in [0.2, 0.25) is 0 Å². The molecule has 3 saturated carbocycles. The molecule has 0 radical (unpaired) electrons. The summed E-state index contributed by atoms with van der Waals surface area (Å²) in [6, 6.07) is 0. The summed E-state index contributed by atoms with van der Waals surface area (Å²) in [5.74, 6) is -2.27. The second kappa shape index (κ2) is 10.1. The lowest BCUT2D eigenvalue weighted by atomic mass is 9.49. The van der Waals surface area contributed by atoms with Crippen molar-refractivity contribution in [2.24, 2.45) is 40.0 Å². The fourth-order valence-corrected chi connectivity index (χ4v) is 8.11. The molecule has 0 aromatic rings. The van der Waals surface area contributed by atoms with Crippen molar-refractivity contribution in [2.45, 2.75) is 76.9 Å². The molecule has 4 aliphatic rings. The van der Waals surface area contributed by atoms with Crippen molar-refractivity contribution in [3.63, 3.8) is 0 Å². The van der Waals surface area contributed by atoms with Gasteiger partial charge in [-0.05, 0) is 43.3 Å². The van der Waals surface area contributed by atoms with E-state index in [4.69, 9.17) is 21.1 Å². The van der Waals surface area contributed by atoms with E-state index in [0.29, 0.717) is 19.3 Å². The van der Waals surface area contributed by atoms with Gasteiger partial charge in [0.25, 0.3) is 0 Å². The molecule has 1 unspecified atom stereocenters.